The van der Waals surface area contributed by atoms with Crippen LogP contribution in [-0.4, -0.2) is 40.4 Å². The van der Waals surface area contributed by atoms with Gasteiger partial charge in [-0.1, -0.05) is 307 Å². The van der Waals surface area contributed by atoms with Gasteiger partial charge in [0.25, 0.3) is 0 Å². The van der Waals surface area contributed by atoms with Crippen LogP contribution in [0.25, 0.3) is 10.9 Å². The van der Waals surface area contributed by atoms with Crippen molar-refractivity contribution in [3.8, 4) is 6.07 Å². The van der Waals surface area contributed by atoms with Crippen molar-refractivity contribution in [1.29, 1.82) is 5.26 Å². The van der Waals surface area contributed by atoms with Gasteiger partial charge in [0, 0.05) is 49.5 Å². The van der Waals surface area contributed by atoms with Crippen LogP contribution in [0.4, 0.5) is 5.82 Å². The molecule has 76 heavy (non-hydrogen) atoms. The Balaban J connectivity index is 1.06. The van der Waals surface area contributed by atoms with Gasteiger partial charge in [-0.15, -0.1) is 0 Å². The third-order valence-electron chi connectivity index (χ3n) is 18.3. The van der Waals surface area contributed by atoms with Crippen molar-refractivity contribution in [2.45, 2.75) is 328 Å². The number of nitrogens with zero attached hydrogens (tertiary/aromatic N) is 4. The van der Waals surface area contributed by atoms with Crippen LogP contribution in [0.1, 0.15) is 332 Å². The molecule has 6 nitrogen and oxygen atoms in total. The number of aromatic amines is 1. The molecular weight excluding hydrogens is 927 g/mol. The number of hydrogen-bond acceptors (Lipinski definition) is 4. The molecule has 1 amide bonds. The molecule has 6 heteroatoms. The predicted octanol–water partition coefficient (Wildman–Crippen LogP) is 21.8. The van der Waals surface area contributed by atoms with Gasteiger partial charge in [0.05, 0.1) is 17.0 Å². The number of nitrogens with one attached hydrogen (secondary N) is 1. The Morgan fingerprint density at radius 3 is 1.25 bits per heavy atom. The zero-order valence-electron chi connectivity index (χ0n) is 49.5. The van der Waals surface area contributed by atoms with Crippen LogP contribution in [-0.2, 0) is 11.3 Å². The number of carbonyl (C=O) groups is 1. The highest BCUT2D eigenvalue weighted by atomic mass is 16.2. The number of likely N-dealkylation sites (tertiary alicyclic amines) is 1. The fourth-order valence-corrected chi connectivity index (χ4v) is 13.3. The van der Waals surface area contributed by atoms with Crippen molar-refractivity contribution < 1.29 is 4.79 Å². The number of fused-ring (bicyclic) bond motifs is 1. The van der Waals surface area contributed by atoms with Crippen LogP contribution in [0.2, 0.25) is 0 Å². The third kappa shape index (κ3) is 27.5. The molecule has 1 unspecified atom stereocenters. The fourth-order valence-electron chi connectivity index (χ4n) is 13.3. The van der Waals surface area contributed by atoms with Gasteiger partial charge in [-0.25, -0.2) is 4.98 Å². The van der Waals surface area contributed by atoms with Crippen LogP contribution in [0.5, 0.6) is 0 Å². The van der Waals surface area contributed by atoms with Crippen molar-refractivity contribution in [2.75, 3.05) is 24.5 Å². The van der Waals surface area contributed by atoms with E-state index in [1.54, 1.807) is 6.20 Å². The van der Waals surface area contributed by atoms with Gasteiger partial charge in [0.1, 0.15) is 5.82 Å². The van der Waals surface area contributed by atoms with Crippen molar-refractivity contribution in [2.24, 2.45) is 5.41 Å². The molecule has 0 aliphatic carbocycles. The molecule has 2 saturated heterocycles. The van der Waals surface area contributed by atoms with E-state index < -0.39 is 0 Å². The van der Waals surface area contributed by atoms with Crippen LogP contribution in [0.15, 0.2) is 48.8 Å². The molecule has 0 bridgehead atoms. The number of nitriles is 1. The molecule has 1 N–H and O–H groups in total. The second-order valence-electron chi connectivity index (χ2n) is 24.7. The minimum atomic E-state index is -0.364. The number of H-pyrrole nitrogens is 1. The Labute approximate surface area is 468 Å². The number of amides is 1. The van der Waals surface area contributed by atoms with Crippen molar-refractivity contribution in [1.82, 2.24) is 14.9 Å². The molecule has 0 saturated carbocycles. The lowest BCUT2D eigenvalue weighted by atomic mass is 9.72. The molecule has 2 fully saturated rings. The predicted molar refractivity (Wildman–Crippen MR) is 328 cm³/mol. The third-order valence-corrected chi connectivity index (χ3v) is 18.3. The zero-order chi connectivity index (χ0) is 53.1. The summed E-state index contributed by atoms with van der Waals surface area (Å²) in [6, 6.07) is 14.7. The van der Waals surface area contributed by atoms with Crippen LogP contribution in [0.3, 0.4) is 0 Å². The Hall–Kier alpha value is -3.33. The van der Waals surface area contributed by atoms with Crippen molar-refractivity contribution in [3.05, 3.63) is 59.9 Å². The first-order chi connectivity index (χ1) is 37.7. The van der Waals surface area contributed by atoms with Crippen molar-refractivity contribution in [3.63, 3.8) is 0 Å². The summed E-state index contributed by atoms with van der Waals surface area (Å²) in [6.07, 6.45) is 72.5. The molecule has 1 atom stereocenters. The van der Waals surface area contributed by atoms with Gasteiger partial charge in [0.2, 0.25) is 5.91 Å². The first-order valence-electron chi connectivity index (χ1n) is 33.6. The monoisotopic (exact) mass is 1040 g/mol. The largest absolute Gasteiger partial charge is 0.361 e. The van der Waals surface area contributed by atoms with E-state index in [0.29, 0.717) is 18.0 Å². The van der Waals surface area contributed by atoms with Gasteiger partial charge in [0.15, 0.2) is 0 Å². The maximum atomic E-state index is 15.0. The molecule has 5 rings (SSSR count). The number of piperidine rings is 1. The second-order valence-corrected chi connectivity index (χ2v) is 24.7. The SMILES string of the molecule is N#Cc1ccnc(N2CCCCCCCCCCCCCCCCCCCCCCCCCCCCCCCCCCCCCCCCCCCCCCCCC3(CCCN(Cc4c[nH]c5ccccc45)C3=O)CC2)c1. The molecule has 2 aliphatic heterocycles. The lowest BCUT2D eigenvalue weighted by molar-refractivity contribution is -0.148. The van der Waals surface area contributed by atoms with E-state index in [2.05, 4.69) is 51.3 Å². The lowest BCUT2D eigenvalue weighted by Crippen LogP contribution is -2.49. The average Bonchev–Trinajstić information content (AvgIpc) is 3.86. The molecule has 3 aromatic rings. The summed E-state index contributed by atoms with van der Waals surface area (Å²) < 4.78 is 0. The number of carbonyl (C=O) groups excluding carboxylic acids is 1. The molecule has 2 aromatic heterocycles. The molecule has 0 radical (unpaired) electrons. The van der Waals surface area contributed by atoms with E-state index in [1.807, 2.05) is 12.1 Å². The minimum absolute atomic E-state index is 0.358. The molecule has 4 heterocycles. The maximum Gasteiger partial charge on any atom is 0.229 e. The zero-order valence-corrected chi connectivity index (χ0v) is 49.5. The summed E-state index contributed by atoms with van der Waals surface area (Å²) in [6.45, 7) is 3.22. The lowest BCUT2D eigenvalue weighted by Gasteiger charge is -2.43. The summed E-state index contributed by atoms with van der Waals surface area (Å²) in [5.74, 6) is 1.25. The average molecular weight is 1040 g/mol. The quantitative estimate of drug-likeness (QED) is 0.284. The van der Waals surface area contributed by atoms with E-state index in [9.17, 15) is 5.26 Å². The Bertz CT molecular complexity index is 1900. The topological polar surface area (TPSA) is 76.0 Å². The highest BCUT2D eigenvalue weighted by Gasteiger charge is 2.43. The van der Waals surface area contributed by atoms with Crippen LogP contribution in [0, 0.1) is 16.7 Å². The first-order valence-corrected chi connectivity index (χ1v) is 33.6. The van der Waals surface area contributed by atoms with Gasteiger partial charge >= 0.3 is 0 Å². The Kier molecular flexibility index (Phi) is 35.6. The molecule has 1 spiro atoms. The fraction of sp³-hybridized carbons (Fsp3) is 0.786. The first kappa shape index (κ1) is 63.5. The molecule has 1 aromatic carbocycles. The summed E-state index contributed by atoms with van der Waals surface area (Å²) in [7, 11) is 0. The second kappa shape index (κ2) is 42.6. The Morgan fingerprint density at radius 2 is 0.829 bits per heavy atom. The molecular formula is C70H117N5O. The van der Waals surface area contributed by atoms with Gasteiger partial charge in [-0.2, -0.15) is 5.26 Å². The minimum Gasteiger partial charge on any atom is -0.361 e. The highest BCUT2D eigenvalue weighted by molar-refractivity contribution is 5.86. The number of para-hydroxylation sites is 1. The Morgan fingerprint density at radius 1 is 0.447 bits per heavy atom. The number of hydrogen-bond donors (Lipinski definition) is 1. The van der Waals surface area contributed by atoms with Crippen LogP contribution < -0.4 is 4.90 Å². The van der Waals surface area contributed by atoms with E-state index >= 15 is 4.79 Å². The standard InChI is InChI=1S/C70H117N5O/c71-61-64-52-56-72-68(60-64)74-57-48-44-42-40-38-36-34-32-30-28-26-24-22-20-18-16-14-12-10-8-6-4-2-1-3-5-7-9-11-13-15-17-19-21-23-25-27-29-31-33-35-37-39-41-43-47-53-70(55-59-74)54-49-58-75(69(70)76)63-65-62-73-67-51-46-45-50-66(65)67/h45-46,50-52,56,60,62,73H,1-44,47-49,53-55,57-59,63H2. The van der Waals surface area contributed by atoms with Gasteiger partial charge < -0.3 is 14.8 Å². The van der Waals surface area contributed by atoms with Gasteiger partial charge in [-0.3, -0.25) is 4.79 Å². The number of anilines is 1. The van der Waals surface area contributed by atoms with Crippen LogP contribution >= 0.6 is 0 Å². The summed E-state index contributed by atoms with van der Waals surface area (Å²) in [5.41, 5.74) is 2.65. The van der Waals surface area contributed by atoms with Gasteiger partial charge in [-0.05, 0) is 55.9 Å². The molecule has 428 valence electrons. The molecule has 2 aliphatic rings. The number of rotatable bonds is 3. The summed E-state index contributed by atoms with van der Waals surface area (Å²) in [4.78, 5) is 27.9. The summed E-state index contributed by atoms with van der Waals surface area (Å²) >= 11 is 0. The van der Waals surface area contributed by atoms with E-state index in [1.165, 1.54) is 293 Å². The van der Waals surface area contributed by atoms with Crippen molar-refractivity contribution >= 4 is 22.6 Å². The normalized spacial score (nSPS) is 23.2. The highest BCUT2D eigenvalue weighted by Crippen LogP contribution is 2.41. The van der Waals surface area contributed by atoms with E-state index in [0.717, 1.165) is 69.5 Å². The number of aromatic nitrogens is 2. The number of benzene rings is 1. The number of pyridine rings is 1. The van der Waals surface area contributed by atoms with E-state index in [4.69, 9.17) is 4.98 Å². The summed E-state index contributed by atoms with van der Waals surface area (Å²) in [5, 5.41) is 11.1. The van der Waals surface area contributed by atoms with E-state index in [-0.39, 0.29) is 5.41 Å². The maximum absolute atomic E-state index is 15.0. The smallest absolute Gasteiger partial charge is 0.229 e.